The number of nitrogens with zero attached hydrogens (tertiary/aromatic N) is 1. The third kappa shape index (κ3) is 2.85. The fourth-order valence-corrected chi connectivity index (χ4v) is 2.34. The van der Waals surface area contributed by atoms with Crippen LogP contribution in [0.15, 0.2) is 29.8 Å². The highest BCUT2D eigenvalue weighted by Crippen LogP contribution is 2.24. The maximum atomic E-state index is 12.1. The molecular formula is C13H15N3O2S. The summed E-state index contributed by atoms with van der Waals surface area (Å²) >= 11 is 1.48. The van der Waals surface area contributed by atoms with Crippen LogP contribution in [0.4, 0.5) is 5.69 Å². The van der Waals surface area contributed by atoms with E-state index in [-0.39, 0.29) is 17.3 Å². The first-order valence-corrected chi connectivity index (χ1v) is 6.59. The van der Waals surface area contributed by atoms with Crippen LogP contribution >= 0.6 is 11.3 Å². The monoisotopic (exact) mass is 277 g/mol. The minimum atomic E-state index is -0.567. The van der Waals surface area contributed by atoms with Crippen molar-refractivity contribution in [2.75, 3.05) is 5.73 Å². The Morgan fingerprint density at radius 3 is 2.79 bits per heavy atom. The SMILES string of the molecule is CC(C)(NC(=O)c1ccc(N)c(O)c1)c1nccs1. The largest absolute Gasteiger partial charge is 0.506 e. The average molecular weight is 277 g/mol. The van der Waals surface area contributed by atoms with Crippen molar-refractivity contribution < 1.29 is 9.90 Å². The molecule has 19 heavy (non-hydrogen) atoms. The molecule has 0 atom stereocenters. The molecule has 1 amide bonds. The molecule has 0 spiro atoms. The summed E-state index contributed by atoms with van der Waals surface area (Å²) in [7, 11) is 0. The zero-order chi connectivity index (χ0) is 14.0. The van der Waals surface area contributed by atoms with E-state index in [2.05, 4.69) is 10.3 Å². The number of aromatic nitrogens is 1. The van der Waals surface area contributed by atoms with Gasteiger partial charge in [-0.25, -0.2) is 4.98 Å². The van der Waals surface area contributed by atoms with Crippen LogP contribution in [0.5, 0.6) is 5.75 Å². The Bertz CT molecular complexity index is 594. The maximum Gasteiger partial charge on any atom is 0.252 e. The molecule has 6 heteroatoms. The number of hydrogen-bond donors (Lipinski definition) is 3. The van der Waals surface area contributed by atoms with Gasteiger partial charge in [0.15, 0.2) is 0 Å². The molecule has 0 saturated heterocycles. The van der Waals surface area contributed by atoms with Crippen molar-refractivity contribution in [3.8, 4) is 5.75 Å². The van der Waals surface area contributed by atoms with Gasteiger partial charge in [-0.2, -0.15) is 0 Å². The number of benzene rings is 1. The van der Waals surface area contributed by atoms with Crippen LogP contribution in [-0.2, 0) is 5.54 Å². The normalized spacial score (nSPS) is 11.3. The number of nitrogens with one attached hydrogen (secondary N) is 1. The van der Waals surface area contributed by atoms with E-state index < -0.39 is 5.54 Å². The van der Waals surface area contributed by atoms with Gasteiger partial charge >= 0.3 is 0 Å². The van der Waals surface area contributed by atoms with Crippen molar-refractivity contribution in [2.45, 2.75) is 19.4 Å². The predicted octanol–water partition coefficient (Wildman–Crippen LogP) is 2.10. The highest BCUT2D eigenvalue weighted by Gasteiger charge is 2.26. The van der Waals surface area contributed by atoms with Gasteiger partial charge in [-0.3, -0.25) is 4.79 Å². The van der Waals surface area contributed by atoms with Gasteiger partial charge in [0.25, 0.3) is 5.91 Å². The van der Waals surface area contributed by atoms with Crippen LogP contribution in [0, 0.1) is 0 Å². The summed E-state index contributed by atoms with van der Waals surface area (Å²) in [6.45, 7) is 3.75. The fourth-order valence-electron chi connectivity index (χ4n) is 1.63. The number of carbonyl (C=O) groups is 1. The smallest absolute Gasteiger partial charge is 0.252 e. The van der Waals surface area contributed by atoms with Gasteiger partial charge in [-0.05, 0) is 32.0 Å². The highest BCUT2D eigenvalue weighted by molar-refractivity contribution is 7.09. The van der Waals surface area contributed by atoms with Gasteiger partial charge in [0.1, 0.15) is 10.8 Å². The third-order valence-corrected chi connectivity index (χ3v) is 3.78. The van der Waals surface area contributed by atoms with E-state index in [9.17, 15) is 9.90 Å². The fraction of sp³-hybridized carbons (Fsp3) is 0.231. The molecule has 0 aliphatic heterocycles. The van der Waals surface area contributed by atoms with E-state index in [4.69, 9.17) is 5.73 Å². The molecule has 4 N–H and O–H groups in total. The number of nitrogen functional groups attached to an aromatic ring is 1. The lowest BCUT2D eigenvalue weighted by Gasteiger charge is -2.23. The van der Waals surface area contributed by atoms with Crippen molar-refractivity contribution in [1.29, 1.82) is 0 Å². The number of aromatic hydroxyl groups is 1. The number of rotatable bonds is 3. The lowest BCUT2D eigenvalue weighted by atomic mass is 10.1. The maximum absolute atomic E-state index is 12.1. The molecule has 5 nitrogen and oxygen atoms in total. The molecule has 0 saturated carbocycles. The first kappa shape index (κ1) is 13.4. The first-order valence-electron chi connectivity index (χ1n) is 5.71. The second kappa shape index (κ2) is 4.89. The number of phenols is 1. The van der Waals surface area contributed by atoms with E-state index in [1.54, 1.807) is 12.3 Å². The van der Waals surface area contributed by atoms with Gasteiger partial charge in [0.2, 0.25) is 0 Å². The van der Waals surface area contributed by atoms with Gasteiger partial charge in [0.05, 0.1) is 11.2 Å². The first-order chi connectivity index (χ1) is 8.90. The Morgan fingerprint density at radius 1 is 1.47 bits per heavy atom. The molecule has 1 heterocycles. The highest BCUT2D eigenvalue weighted by atomic mass is 32.1. The van der Waals surface area contributed by atoms with Crippen LogP contribution in [-0.4, -0.2) is 16.0 Å². The van der Waals surface area contributed by atoms with E-state index in [0.29, 0.717) is 5.56 Å². The molecule has 1 aromatic heterocycles. The Hall–Kier alpha value is -2.08. The zero-order valence-electron chi connectivity index (χ0n) is 10.7. The quantitative estimate of drug-likeness (QED) is 0.592. The number of carbonyl (C=O) groups excluding carboxylic acids is 1. The molecule has 2 rings (SSSR count). The van der Waals surface area contributed by atoms with Crippen molar-refractivity contribution in [3.05, 3.63) is 40.3 Å². The number of nitrogens with two attached hydrogens (primary N) is 1. The minimum absolute atomic E-state index is 0.0975. The summed E-state index contributed by atoms with van der Waals surface area (Å²) in [5.74, 6) is -0.379. The molecule has 1 aromatic carbocycles. The van der Waals surface area contributed by atoms with Gasteiger partial charge in [-0.15, -0.1) is 11.3 Å². The molecule has 0 bridgehead atoms. The summed E-state index contributed by atoms with van der Waals surface area (Å²) in [6, 6.07) is 4.42. The zero-order valence-corrected chi connectivity index (χ0v) is 11.5. The average Bonchev–Trinajstić information content (AvgIpc) is 2.86. The van der Waals surface area contributed by atoms with Gasteiger partial charge < -0.3 is 16.2 Å². The number of hydrogen-bond acceptors (Lipinski definition) is 5. The molecule has 100 valence electrons. The number of thiazole rings is 1. The van der Waals surface area contributed by atoms with Crippen LogP contribution in [0.1, 0.15) is 29.2 Å². The second-order valence-corrected chi connectivity index (χ2v) is 5.58. The van der Waals surface area contributed by atoms with Crippen molar-refractivity contribution >= 4 is 22.9 Å². The van der Waals surface area contributed by atoms with E-state index in [0.717, 1.165) is 5.01 Å². The topological polar surface area (TPSA) is 88.2 Å². The Labute approximate surface area is 115 Å². The molecule has 2 aromatic rings. The van der Waals surface area contributed by atoms with Crippen LogP contribution < -0.4 is 11.1 Å². The van der Waals surface area contributed by atoms with Gasteiger partial charge in [-0.1, -0.05) is 0 Å². The molecule has 0 aliphatic rings. The molecule has 0 aliphatic carbocycles. The Balaban J connectivity index is 2.19. The lowest BCUT2D eigenvalue weighted by Crippen LogP contribution is -2.40. The van der Waals surface area contributed by atoms with Crippen LogP contribution in [0.25, 0.3) is 0 Å². The van der Waals surface area contributed by atoms with E-state index in [1.165, 1.54) is 23.5 Å². The summed E-state index contributed by atoms with van der Waals surface area (Å²) < 4.78 is 0. The molecule has 0 radical (unpaired) electrons. The standard InChI is InChI=1S/C13H15N3O2S/c1-13(2,12-15-5-6-19-12)16-11(18)8-3-4-9(14)10(17)7-8/h3-7,17H,14H2,1-2H3,(H,16,18). The molecule has 0 unspecified atom stereocenters. The predicted molar refractivity (Wildman–Crippen MR) is 75.1 cm³/mol. The minimum Gasteiger partial charge on any atom is -0.506 e. The third-order valence-electron chi connectivity index (χ3n) is 2.69. The summed E-state index contributed by atoms with van der Waals surface area (Å²) in [5, 5.41) is 15.1. The number of amides is 1. The van der Waals surface area contributed by atoms with Crippen molar-refractivity contribution in [1.82, 2.24) is 10.3 Å². The summed E-state index contributed by atoms with van der Waals surface area (Å²) in [6.07, 6.45) is 1.70. The van der Waals surface area contributed by atoms with Crippen molar-refractivity contribution in [2.24, 2.45) is 0 Å². The summed E-state index contributed by atoms with van der Waals surface area (Å²) in [4.78, 5) is 16.3. The van der Waals surface area contributed by atoms with Crippen molar-refractivity contribution in [3.63, 3.8) is 0 Å². The van der Waals surface area contributed by atoms with Gasteiger partial charge in [0, 0.05) is 17.1 Å². The van der Waals surface area contributed by atoms with Crippen LogP contribution in [0.3, 0.4) is 0 Å². The summed E-state index contributed by atoms with van der Waals surface area (Å²) in [5.41, 5.74) is 5.54. The number of phenolic OH excluding ortho intramolecular Hbond substituents is 1. The second-order valence-electron chi connectivity index (χ2n) is 4.69. The van der Waals surface area contributed by atoms with Crippen LogP contribution in [0.2, 0.25) is 0 Å². The van der Waals surface area contributed by atoms with E-state index in [1.807, 2.05) is 19.2 Å². The number of anilines is 1. The van der Waals surface area contributed by atoms with E-state index >= 15 is 0 Å². The molecule has 0 fully saturated rings. The Kier molecular flexibility index (Phi) is 3.44. The lowest BCUT2D eigenvalue weighted by molar-refractivity contribution is 0.0911. The molecular weight excluding hydrogens is 262 g/mol. The Morgan fingerprint density at radius 2 is 2.21 bits per heavy atom.